The highest BCUT2D eigenvalue weighted by Gasteiger charge is 2.04. The van der Waals surface area contributed by atoms with Crippen molar-refractivity contribution < 1.29 is 9.84 Å². The van der Waals surface area contributed by atoms with Gasteiger partial charge in [0, 0.05) is 5.56 Å². The molecular formula is C16H18O2. The maximum Gasteiger partial charge on any atom is 0.126 e. The van der Waals surface area contributed by atoms with Crippen LogP contribution in [0, 0.1) is 20.8 Å². The molecule has 2 aromatic carbocycles. The summed E-state index contributed by atoms with van der Waals surface area (Å²) in [5, 5.41) is 9.60. The molecule has 0 saturated heterocycles. The van der Waals surface area contributed by atoms with Crippen LogP contribution < -0.4 is 4.74 Å². The summed E-state index contributed by atoms with van der Waals surface area (Å²) in [5.74, 6) is 1.00. The fourth-order valence-corrected chi connectivity index (χ4v) is 1.81. The predicted molar refractivity (Wildman–Crippen MR) is 73.1 cm³/mol. The number of phenolic OH excluding ortho intramolecular Hbond substituents is 1. The average molecular weight is 242 g/mol. The minimum absolute atomic E-state index is 0.271. The van der Waals surface area contributed by atoms with Gasteiger partial charge in [0.15, 0.2) is 0 Å². The van der Waals surface area contributed by atoms with Crippen molar-refractivity contribution in [2.45, 2.75) is 27.4 Å². The molecule has 0 atom stereocenters. The van der Waals surface area contributed by atoms with Crippen molar-refractivity contribution in [3.05, 3.63) is 58.7 Å². The van der Waals surface area contributed by atoms with Gasteiger partial charge in [-0.15, -0.1) is 0 Å². The van der Waals surface area contributed by atoms with E-state index < -0.39 is 0 Å². The normalized spacial score (nSPS) is 10.4. The largest absolute Gasteiger partial charge is 0.508 e. The van der Waals surface area contributed by atoms with Gasteiger partial charge in [0.1, 0.15) is 18.1 Å². The van der Waals surface area contributed by atoms with Crippen molar-refractivity contribution >= 4 is 0 Å². The summed E-state index contributed by atoms with van der Waals surface area (Å²) in [6.45, 7) is 6.56. The second kappa shape index (κ2) is 5.13. The quantitative estimate of drug-likeness (QED) is 0.884. The molecule has 2 aromatic rings. The van der Waals surface area contributed by atoms with Gasteiger partial charge in [-0.2, -0.15) is 0 Å². The fraction of sp³-hybridized carbons (Fsp3) is 0.250. The number of phenols is 1. The van der Waals surface area contributed by atoms with E-state index in [0.29, 0.717) is 6.61 Å². The van der Waals surface area contributed by atoms with Crippen LogP contribution in [-0.2, 0) is 6.61 Å². The van der Waals surface area contributed by atoms with Gasteiger partial charge in [-0.05, 0) is 49.6 Å². The van der Waals surface area contributed by atoms with Crippen molar-refractivity contribution in [2.75, 3.05) is 0 Å². The van der Waals surface area contributed by atoms with E-state index in [0.717, 1.165) is 16.9 Å². The first-order chi connectivity index (χ1) is 8.58. The van der Waals surface area contributed by atoms with Gasteiger partial charge in [0.2, 0.25) is 0 Å². The van der Waals surface area contributed by atoms with Crippen molar-refractivity contribution in [2.24, 2.45) is 0 Å². The first-order valence-electron chi connectivity index (χ1n) is 6.05. The Bertz CT molecular complexity index is 559. The number of ether oxygens (including phenoxy) is 1. The second-order valence-electron chi connectivity index (χ2n) is 4.61. The third kappa shape index (κ3) is 2.65. The molecule has 0 aliphatic rings. The second-order valence-corrected chi connectivity index (χ2v) is 4.61. The first-order valence-corrected chi connectivity index (χ1v) is 6.05. The van der Waals surface area contributed by atoms with Crippen LogP contribution in [0.2, 0.25) is 0 Å². The van der Waals surface area contributed by atoms with Gasteiger partial charge in [0.25, 0.3) is 0 Å². The number of aryl methyl sites for hydroxylation is 2. The van der Waals surface area contributed by atoms with Crippen molar-refractivity contribution in [3.8, 4) is 11.5 Å². The summed E-state index contributed by atoms with van der Waals surface area (Å²) >= 11 is 0. The van der Waals surface area contributed by atoms with Gasteiger partial charge < -0.3 is 9.84 Å². The van der Waals surface area contributed by atoms with Crippen LogP contribution >= 0.6 is 0 Å². The Hall–Kier alpha value is -1.96. The lowest BCUT2D eigenvalue weighted by Crippen LogP contribution is -1.98. The first kappa shape index (κ1) is 12.5. The Morgan fingerprint density at radius 2 is 1.78 bits per heavy atom. The summed E-state index contributed by atoms with van der Waals surface area (Å²) in [6.07, 6.45) is 0. The fourth-order valence-electron chi connectivity index (χ4n) is 1.81. The van der Waals surface area contributed by atoms with Crippen molar-refractivity contribution in [3.63, 3.8) is 0 Å². The van der Waals surface area contributed by atoms with Crippen molar-refractivity contribution in [1.29, 1.82) is 0 Å². The molecule has 0 unspecified atom stereocenters. The highest BCUT2D eigenvalue weighted by molar-refractivity contribution is 5.42. The monoisotopic (exact) mass is 242 g/mol. The summed E-state index contributed by atoms with van der Waals surface area (Å²) in [5.41, 5.74) is 4.47. The Morgan fingerprint density at radius 3 is 2.50 bits per heavy atom. The molecule has 0 aliphatic carbocycles. The lowest BCUT2D eigenvalue weighted by atomic mass is 10.1. The van der Waals surface area contributed by atoms with Crippen LogP contribution in [0.4, 0.5) is 0 Å². The van der Waals surface area contributed by atoms with Gasteiger partial charge in [0.05, 0.1) is 0 Å². The molecule has 0 spiro atoms. The van der Waals surface area contributed by atoms with Crippen LogP contribution in [0.1, 0.15) is 22.3 Å². The van der Waals surface area contributed by atoms with Crippen LogP contribution in [0.25, 0.3) is 0 Å². The Balaban J connectivity index is 2.11. The molecular weight excluding hydrogens is 224 g/mol. The van der Waals surface area contributed by atoms with Crippen molar-refractivity contribution in [1.82, 2.24) is 0 Å². The van der Waals surface area contributed by atoms with Crippen LogP contribution in [0.15, 0.2) is 36.4 Å². The molecule has 0 bridgehead atoms. The topological polar surface area (TPSA) is 29.5 Å². The molecule has 0 fully saturated rings. The van der Waals surface area contributed by atoms with E-state index in [1.807, 2.05) is 13.0 Å². The molecule has 0 amide bonds. The van der Waals surface area contributed by atoms with Gasteiger partial charge in [-0.1, -0.05) is 24.3 Å². The van der Waals surface area contributed by atoms with E-state index in [9.17, 15) is 5.11 Å². The summed E-state index contributed by atoms with van der Waals surface area (Å²) < 4.78 is 5.74. The zero-order valence-corrected chi connectivity index (χ0v) is 11.0. The van der Waals surface area contributed by atoms with Gasteiger partial charge >= 0.3 is 0 Å². The lowest BCUT2D eigenvalue weighted by molar-refractivity contribution is 0.301. The SMILES string of the molecule is Cc1ccc(COc2cccc(O)c2C)cc1C. The molecule has 0 aromatic heterocycles. The smallest absolute Gasteiger partial charge is 0.126 e. The maximum absolute atomic E-state index is 9.60. The summed E-state index contributed by atoms with van der Waals surface area (Å²) in [7, 11) is 0. The minimum atomic E-state index is 0.271. The molecule has 1 N–H and O–H groups in total. The van der Waals surface area contributed by atoms with E-state index in [2.05, 4.69) is 32.0 Å². The molecule has 18 heavy (non-hydrogen) atoms. The third-order valence-electron chi connectivity index (χ3n) is 3.22. The third-order valence-corrected chi connectivity index (χ3v) is 3.22. The van der Waals surface area contributed by atoms with Crippen LogP contribution in [-0.4, -0.2) is 5.11 Å². The Labute approximate surface area is 108 Å². The molecule has 0 saturated carbocycles. The molecule has 2 heteroatoms. The number of aromatic hydroxyl groups is 1. The Kier molecular flexibility index (Phi) is 3.56. The standard InChI is InChI=1S/C16H18O2/c1-11-7-8-14(9-12(11)2)10-18-16-6-4-5-15(17)13(16)3/h4-9,17H,10H2,1-3H3. The number of benzene rings is 2. The predicted octanol–water partition coefficient (Wildman–Crippen LogP) is 3.90. The highest BCUT2D eigenvalue weighted by Crippen LogP contribution is 2.26. The zero-order valence-electron chi connectivity index (χ0n) is 11.0. The maximum atomic E-state index is 9.60. The molecule has 0 heterocycles. The molecule has 94 valence electrons. The van der Waals surface area contributed by atoms with E-state index in [4.69, 9.17) is 4.74 Å². The van der Waals surface area contributed by atoms with Gasteiger partial charge in [-0.3, -0.25) is 0 Å². The molecule has 0 radical (unpaired) electrons. The average Bonchev–Trinajstić information content (AvgIpc) is 2.35. The van der Waals surface area contributed by atoms with E-state index in [1.165, 1.54) is 11.1 Å². The molecule has 2 nitrogen and oxygen atoms in total. The van der Waals surface area contributed by atoms with Crippen LogP contribution in [0.3, 0.4) is 0 Å². The molecule has 2 rings (SSSR count). The minimum Gasteiger partial charge on any atom is -0.508 e. The van der Waals surface area contributed by atoms with Gasteiger partial charge in [-0.25, -0.2) is 0 Å². The number of hydrogen-bond donors (Lipinski definition) is 1. The van der Waals surface area contributed by atoms with E-state index in [1.54, 1.807) is 12.1 Å². The number of hydrogen-bond acceptors (Lipinski definition) is 2. The van der Waals surface area contributed by atoms with Crippen LogP contribution in [0.5, 0.6) is 11.5 Å². The van der Waals surface area contributed by atoms with E-state index >= 15 is 0 Å². The number of rotatable bonds is 3. The van der Waals surface area contributed by atoms with E-state index in [-0.39, 0.29) is 5.75 Å². The Morgan fingerprint density at radius 1 is 1.00 bits per heavy atom. The lowest BCUT2D eigenvalue weighted by Gasteiger charge is -2.11. The molecule has 0 aliphatic heterocycles. The zero-order chi connectivity index (χ0) is 13.1. The highest BCUT2D eigenvalue weighted by atomic mass is 16.5. The summed E-state index contributed by atoms with van der Waals surface area (Å²) in [6, 6.07) is 11.6. The summed E-state index contributed by atoms with van der Waals surface area (Å²) in [4.78, 5) is 0.